The number of ether oxygens (including phenoxy) is 2. The second-order valence-electron chi connectivity index (χ2n) is 16.4. The van der Waals surface area contributed by atoms with E-state index in [9.17, 15) is 9.18 Å². The molecule has 16 nitrogen and oxygen atoms in total. The first-order valence-corrected chi connectivity index (χ1v) is 23.2. The lowest BCUT2D eigenvalue weighted by Crippen LogP contribution is -2.20. The third-order valence-electron chi connectivity index (χ3n) is 11.2. The smallest absolute Gasteiger partial charge is 0.317 e. The van der Waals surface area contributed by atoms with Gasteiger partial charge in [0.1, 0.15) is 65.4 Å². The molecule has 2 fully saturated rings. The van der Waals surface area contributed by atoms with Crippen molar-refractivity contribution in [2.75, 3.05) is 32.1 Å². The Morgan fingerprint density at radius 2 is 1.29 bits per heavy atom. The first-order chi connectivity index (χ1) is 31.9. The van der Waals surface area contributed by atoms with Gasteiger partial charge in [-0.05, 0) is 83.1 Å². The molecule has 66 heavy (non-hydrogen) atoms. The van der Waals surface area contributed by atoms with Crippen LogP contribution in [0.15, 0.2) is 90.1 Å². The second-order valence-corrected chi connectivity index (χ2v) is 18.6. The fourth-order valence-corrected chi connectivity index (χ4v) is 9.18. The summed E-state index contributed by atoms with van der Waals surface area (Å²) in [5.41, 5.74) is 17.5. The number of carboxylic acid groups (broad SMARTS) is 1. The van der Waals surface area contributed by atoms with Gasteiger partial charge in [0.2, 0.25) is 0 Å². The molecule has 2 aliphatic rings. The number of aromatic nitrogens is 9. The average molecular weight is 978 g/mol. The Labute approximate surface area is 393 Å². The number of nitrogen functional groups attached to an aromatic ring is 2. The van der Waals surface area contributed by atoms with Crippen molar-refractivity contribution in [3.05, 3.63) is 106 Å². The number of hydrogen-bond donors (Lipinski definition) is 3. The molecule has 0 spiro atoms. The van der Waals surface area contributed by atoms with Gasteiger partial charge >= 0.3 is 5.97 Å². The van der Waals surface area contributed by atoms with E-state index in [0.717, 1.165) is 84.6 Å². The number of aliphatic carboxylic acids is 1. The van der Waals surface area contributed by atoms with Gasteiger partial charge in [-0.3, -0.25) is 9.69 Å². The van der Waals surface area contributed by atoms with E-state index in [-0.39, 0.29) is 6.54 Å². The molecule has 0 atom stereocenters. The maximum atomic E-state index is 14.3. The van der Waals surface area contributed by atoms with Crippen molar-refractivity contribution >= 4 is 66.9 Å². The number of aryl methyl sites for hydroxylation is 1. The quantitative estimate of drug-likeness (QED) is 0.110. The molecule has 10 rings (SSSR count). The molecule has 0 radical (unpaired) electrons. The number of benzene rings is 3. The van der Waals surface area contributed by atoms with Gasteiger partial charge in [-0.25, -0.2) is 38.7 Å². The van der Waals surface area contributed by atoms with Crippen LogP contribution in [0.3, 0.4) is 0 Å². The zero-order chi connectivity index (χ0) is 46.3. The van der Waals surface area contributed by atoms with Crippen LogP contribution in [0, 0.1) is 12.7 Å². The van der Waals surface area contributed by atoms with Gasteiger partial charge in [0.05, 0.1) is 39.3 Å². The average Bonchev–Trinajstić information content (AvgIpc) is 4.15. The van der Waals surface area contributed by atoms with E-state index in [2.05, 4.69) is 45.5 Å². The topological polar surface area (TPSA) is 211 Å². The zero-order valence-corrected chi connectivity index (χ0v) is 39.2. The summed E-state index contributed by atoms with van der Waals surface area (Å²) in [5, 5.41) is 20.4. The van der Waals surface area contributed by atoms with Gasteiger partial charge in [-0.15, -0.1) is 11.3 Å². The van der Waals surface area contributed by atoms with E-state index >= 15 is 0 Å². The minimum atomic E-state index is -0.787. The number of likely N-dealkylation sites (N-methyl/N-ethyl adjacent to an activating group) is 1. The van der Waals surface area contributed by atoms with Gasteiger partial charge in [-0.2, -0.15) is 10.2 Å². The lowest BCUT2D eigenvalue weighted by Gasteiger charge is -2.10. The number of hydrogen-bond acceptors (Lipinski definition) is 14. The van der Waals surface area contributed by atoms with Crippen LogP contribution >= 0.6 is 27.3 Å². The normalized spacial score (nSPS) is 14.0. The number of anilines is 2. The molecular formula is C47H50BrFN12O4S. The highest BCUT2D eigenvalue weighted by Crippen LogP contribution is 2.39. The number of nitrogens with two attached hydrogens (primary N) is 2. The molecule has 0 saturated heterocycles. The van der Waals surface area contributed by atoms with Gasteiger partial charge in [0.25, 0.3) is 0 Å². The van der Waals surface area contributed by atoms with E-state index in [1.807, 2.05) is 60.1 Å². The van der Waals surface area contributed by atoms with Crippen molar-refractivity contribution in [1.29, 1.82) is 0 Å². The van der Waals surface area contributed by atoms with Gasteiger partial charge in [0, 0.05) is 40.0 Å². The molecule has 5 N–H and O–H groups in total. The summed E-state index contributed by atoms with van der Waals surface area (Å²) in [7, 11) is 3.43. The molecule has 2 aliphatic carbocycles. The molecule has 19 heteroatoms. The lowest BCUT2D eigenvalue weighted by atomic mass is 10.1. The fraction of sp³-hybridized carbons (Fsp3) is 0.319. The van der Waals surface area contributed by atoms with Gasteiger partial charge in [-0.1, -0.05) is 53.7 Å². The summed E-state index contributed by atoms with van der Waals surface area (Å²) in [5.74, 6) is 0.961. The molecule has 0 bridgehead atoms. The van der Waals surface area contributed by atoms with Crippen LogP contribution in [0.5, 0.6) is 17.2 Å². The van der Waals surface area contributed by atoms with Crippen molar-refractivity contribution in [1.82, 2.24) is 49.4 Å². The molecular weight excluding hydrogens is 928 g/mol. The molecule has 342 valence electrons. The largest absolute Gasteiger partial charge is 0.488 e. The Balaban J connectivity index is 0.000000172. The molecule has 8 aromatic rings. The minimum Gasteiger partial charge on any atom is -0.488 e. The van der Waals surface area contributed by atoms with E-state index < -0.39 is 11.8 Å². The third kappa shape index (κ3) is 10.9. The maximum Gasteiger partial charge on any atom is 0.317 e. The highest BCUT2D eigenvalue weighted by atomic mass is 79.9. The SMILES string of the molecule is CN(C)CC(=O)O.Cc1ncc(COc2cc(F)cc(Oc3ccc(-c4nn(C5CCCC5)c5ncnc(N)c45)cc3)c2)s1.Nc1ncnc2c1c(-c1ccc(Br)cc1)nn2C1CCCC1. The third-order valence-corrected chi connectivity index (χ3v) is 12.6. The summed E-state index contributed by atoms with van der Waals surface area (Å²) < 4.78 is 31.0. The Kier molecular flexibility index (Phi) is 14.4. The van der Waals surface area contributed by atoms with Crippen LogP contribution in [0.2, 0.25) is 0 Å². The predicted molar refractivity (Wildman–Crippen MR) is 257 cm³/mol. The highest BCUT2D eigenvalue weighted by molar-refractivity contribution is 9.10. The molecule has 2 saturated carbocycles. The van der Waals surface area contributed by atoms with Crippen LogP contribution in [-0.2, 0) is 11.4 Å². The molecule has 0 amide bonds. The number of nitrogens with zero attached hydrogens (tertiary/aromatic N) is 10. The summed E-state index contributed by atoms with van der Waals surface area (Å²) >= 11 is 5.01. The van der Waals surface area contributed by atoms with E-state index in [4.69, 9.17) is 36.2 Å². The van der Waals surface area contributed by atoms with Crippen molar-refractivity contribution in [2.24, 2.45) is 0 Å². The van der Waals surface area contributed by atoms with Crippen molar-refractivity contribution in [2.45, 2.75) is 77.0 Å². The summed E-state index contributed by atoms with van der Waals surface area (Å²) in [4.78, 5) is 33.8. The highest BCUT2D eigenvalue weighted by Gasteiger charge is 2.26. The van der Waals surface area contributed by atoms with E-state index in [1.165, 1.54) is 50.5 Å². The summed E-state index contributed by atoms with van der Waals surface area (Å²) in [6.07, 6.45) is 14.1. The molecule has 5 aromatic heterocycles. The monoisotopic (exact) mass is 976 g/mol. The fourth-order valence-electron chi connectivity index (χ4n) is 8.20. The van der Waals surface area contributed by atoms with Gasteiger partial charge < -0.3 is 26.0 Å². The van der Waals surface area contributed by atoms with Crippen LogP contribution in [0.25, 0.3) is 44.6 Å². The summed E-state index contributed by atoms with van der Waals surface area (Å²) in [6, 6.07) is 20.6. The Morgan fingerprint density at radius 1 is 0.773 bits per heavy atom. The molecule has 5 heterocycles. The first kappa shape index (κ1) is 46.0. The Morgan fingerprint density at radius 3 is 1.76 bits per heavy atom. The molecule has 0 unspecified atom stereocenters. The molecule has 0 aliphatic heterocycles. The van der Waals surface area contributed by atoms with Crippen LogP contribution in [0.1, 0.15) is 73.3 Å². The number of carbonyl (C=O) groups is 1. The number of rotatable bonds is 11. The Hall–Kier alpha value is -6.57. The minimum absolute atomic E-state index is 0.111. The van der Waals surface area contributed by atoms with E-state index in [0.29, 0.717) is 47.6 Å². The summed E-state index contributed by atoms with van der Waals surface area (Å²) in [6.45, 7) is 2.36. The first-order valence-electron chi connectivity index (χ1n) is 21.6. The van der Waals surface area contributed by atoms with E-state index in [1.54, 1.807) is 42.6 Å². The number of thiazole rings is 1. The Bertz CT molecular complexity index is 2930. The van der Waals surface area contributed by atoms with Crippen molar-refractivity contribution in [3.8, 4) is 39.8 Å². The van der Waals surface area contributed by atoms with Crippen LogP contribution in [0.4, 0.5) is 16.0 Å². The standard InChI is InChI=1S/C27H25FN6O2S.C16H16BrN5.C4H9NO2/c1-16-30-13-23(37-16)14-35-21-10-18(28)11-22(12-21)36-20-8-6-17(7-9-20)25-24-26(29)31-15-32-27(24)34(33-25)19-4-2-3-5-19;17-11-7-5-10(6-8-11)14-13-15(18)19-9-20-16(13)22(21-14)12-3-1-2-4-12;1-5(2)3-4(6)7/h6-13,15,19H,2-5,14H2,1H3,(H2,29,31,32);5-9,12H,1-4H2,(H2,18,19,20);3H2,1-2H3,(H,6,7). The predicted octanol–water partition coefficient (Wildman–Crippen LogP) is 10.1. The lowest BCUT2D eigenvalue weighted by molar-refractivity contribution is -0.137. The maximum absolute atomic E-state index is 14.3. The zero-order valence-electron chi connectivity index (χ0n) is 36.8. The van der Waals surface area contributed by atoms with Crippen molar-refractivity contribution < 1.29 is 23.8 Å². The number of carboxylic acids is 1. The number of fused-ring (bicyclic) bond motifs is 2. The number of halogens is 2. The van der Waals surface area contributed by atoms with Gasteiger partial charge in [0.15, 0.2) is 11.3 Å². The second kappa shape index (κ2) is 20.7. The van der Waals surface area contributed by atoms with Crippen molar-refractivity contribution in [3.63, 3.8) is 0 Å². The van der Waals surface area contributed by atoms with Crippen LogP contribution < -0.4 is 20.9 Å². The van der Waals surface area contributed by atoms with Crippen LogP contribution in [-0.4, -0.2) is 81.1 Å². The molecule has 3 aromatic carbocycles.